The van der Waals surface area contributed by atoms with Crippen molar-refractivity contribution in [3.8, 4) is 0 Å². The average Bonchev–Trinajstić information content (AvgIpc) is 2.40. The van der Waals surface area contributed by atoms with Gasteiger partial charge in [-0.15, -0.1) is 0 Å². The van der Waals surface area contributed by atoms with Gasteiger partial charge in [0.15, 0.2) is 0 Å². The Kier molecular flexibility index (Phi) is 5.85. The lowest BCUT2D eigenvalue weighted by molar-refractivity contribution is 0.418. The van der Waals surface area contributed by atoms with E-state index in [1.165, 1.54) is 0 Å². The van der Waals surface area contributed by atoms with Gasteiger partial charge < -0.3 is 10.6 Å². The Morgan fingerprint density at radius 3 is 2.28 bits per heavy atom. The van der Waals surface area contributed by atoms with Crippen LogP contribution >= 0.6 is 15.9 Å². The van der Waals surface area contributed by atoms with E-state index in [1.54, 1.807) is 6.20 Å². The van der Waals surface area contributed by atoms with Crippen LogP contribution in [0.5, 0.6) is 0 Å². The van der Waals surface area contributed by atoms with Crippen LogP contribution in [0.3, 0.4) is 0 Å². The van der Waals surface area contributed by atoms with E-state index in [0.717, 1.165) is 36.1 Å². The largest absolute Gasteiger partial charge is 0.364 e. The van der Waals surface area contributed by atoms with Crippen LogP contribution in [-0.4, -0.2) is 22.1 Å². The molecule has 0 aliphatic rings. The Labute approximate surface area is 118 Å². The highest BCUT2D eigenvalue weighted by Gasteiger charge is 2.25. The van der Waals surface area contributed by atoms with E-state index < -0.39 is 0 Å². The number of hydrogen-bond acceptors (Lipinski definition) is 4. The molecule has 0 radical (unpaired) electrons. The van der Waals surface area contributed by atoms with Crippen molar-refractivity contribution in [2.45, 2.75) is 52.5 Å². The van der Waals surface area contributed by atoms with E-state index in [0.29, 0.717) is 5.95 Å². The van der Waals surface area contributed by atoms with E-state index in [-0.39, 0.29) is 5.54 Å². The molecule has 0 atom stereocenters. The predicted octanol–water partition coefficient (Wildman–Crippen LogP) is 4.05. The van der Waals surface area contributed by atoms with Gasteiger partial charge >= 0.3 is 0 Å². The normalized spacial score (nSPS) is 11.4. The SMILES string of the molecule is CCNc1ncc(Br)c(NC(CC)(CC)CC)n1. The van der Waals surface area contributed by atoms with Crippen LogP contribution < -0.4 is 10.6 Å². The van der Waals surface area contributed by atoms with Crippen LogP contribution in [0.1, 0.15) is 47.0 Å². The molecule has 102 valence electrons. The summed E-state index contributed by atoms with van der Waals surface area (Å²) in [6.07, 6.45) is 5.02. The highest BCUT2D eigenvalue weighted by atomic mass is 79.9. The summed E-state index contributed by atoms with van der Waals surface area (Å²) in [7, 11) is 0. The highest BCUT2D eigenvalue weighted by molar-refractivity contribution is 9.10. The molecule has 18 heavy (non-hydrogen) atoms. The molecule has 0 amide bonds. The number of nitrogens with one attached hydrogen (secondary N) is 2. The molecular weight excluding hydrogens is 292 g/mol. The summed E-state index contributed by atoms with van der Waals surface area (Å²) in [6.45, 7) is 9.48. The first-order valence-corrected chi connectivity index (χ1v) is 7.44. The summed E-state index contributed by atoms with van der Waals surface area (Å²) < 4.78 is 0.906. The molecule has 2 N–H and O–H groups in total. The molecule has 0 spiro atoms. The first kappa shape index (κ1) is 15.2. The molecule has 0 fully saturated rings. The second kappa shape index (κ2) is 6.92. The third-order valence-electron chi connectivity index (χ3n) is 3.49. The summed E-state index contributed by atoms with van der Waals surface area (Å²) in [4.78, 5) is 8.74. The van der Waals surface area contributed by atoms with Gasteiger partial charge in [-0.25, -0.2) is 4.98 Å². The molecule has 0 aromatic carbocycles. The minimum absolute atomic E-state index is 0.111. The molecule has 0 aliphatic carbocycles. The summed E-state index contributed by atoms with van der Waals surface area (Å²) in [6, 6.07) is 0. The Bertz CT molecular complexity index is 369. The maximum atomic E-state index is 4.51. The third kappa shape index (κ3) is 3.57. The number of hydrogen-bond donors (Lipinski definition) is 2. The van der Waals surface area contributed by atoms with Crippen LogP contribution in [0.15, 0.2) is 10.7 Å². The van der Waals surface area contributed by atoms with Crippen molar-refractivity contribution < 1.29 is 0 Å². The summed E-state index contributed by atoms with van der Waals surface area (Å²) in [5.74, 6) is 1.53. The molecule has 1 aromatic rings. The Morgan fingerprint density at radius 1 is 1.17 bits per heavy atom. The zero-order valence-corrected chi connectivity index (χ0v) is 13.3. The van der Waals surface area contributed by atoms with Crippen molar-refractivity contribution in [3.63, 3.8) is 0 Å². The van der Waals surface area contributed by atoms with Gasteiger partial charge in [0, 0.05) is 18.3 Å². The van der Waals surface area contributed by atoms with Crippen LogP contribution in [0.25, 0.3) is 0 Å². The van der Waals surface area contributed by atoms with E-state index in [2.05, 4.69) is 57.3 Å². The Morgan fingerprint density at radius 2 is 1.78 bits per heavy atom. The standard InChI is InChI=1S/C13H23BrN4/c1-5-13(6-2,7-3)18-11-10(14)9-16-12(17-11)15-8-4/h9H,5-8H2,1-4H3,(H2,15,16,17,18). The predicted molar refractivity (Wildman–Crippen MR) is 81.1 cm³/mol. The average molecular weight is 315 g/mol. The first-order valence-electron chi connectivity index (χ1n) is 6.65. The Balaban J connectivity index is 2.97. The van der Waals surface area contributed by atoms with Gasteiger partial charge in [-0.2, -0.15) is 4.98 Å². The molecule has 0 bridgehead atoms. The molecule has 0 aliphatic heterocycles. The van der Waals surface area contributed by atoms with Crippen LogP contribution in [0.4, 0.5) is 11.8 Å². The Hall–Kier alpha value is -0.840. The lowest BCUT2D eigenvalue weighted by Gasteiger charge is -2.32. The molecule has 4 nitrogen and oxygen atoms in total. The topological polar surface area (TPSA) is 49.8 Å². The minimum atomic E-state index is 0.111. The lowest BCUT2D eigenvalue weighted by Crippen LogP contribution is -2.36. The van der Waals surface area contributed by atoms with E-state index in [4.69, 9.17) is 0 Å². The van der Waals surface area contributed by atoms with Gasteiger partial charge in [0.2, 0.25) is 5.95 Å². The fourth-order valence-corrected chi connectivity index (χ4v) is 2.25. The molecule has 1 aromatic heterocycles. The van der Waals surface area contributed by atoms with Gasteiger partial charge in [0.1, 0.15) is 5.82 Å². The lowest BCUT2D eigenvalue weighted by atomic mass is 9.90. The molecule has 0 unspecified atom stereocenters. The number of rotatable bonds is 7. The summed E-state index contributed by atoms with van der Waals surface area (Å²) in [5, 5.41) is 6.70. The van der Waals surface area contributed by atoms with Crippen molar-refractivity contribution in [2.24, 2.45) is 0 Å². The zero-order valence-electron chi connectivity index (χ0n) is 11.7. The minimum Gasteiger partial charge on any atom is -0.364 e. The van der Waals surface area contributed by atoms with Gasteiger partial charge in [0.05, 0.1) is 4.47 Å². The fraction of sp³-hybridized carbons (Fsp3) is 0.692. The van der Waals surface area contributed by atoms with Gasteiger partial charge in [-0.3, -0.25) is 0 Å². The highest BCUT2D eigenvalue weighted by Crippen LogP contribution is 2.29. The fourth-order valence-electron chi connectivity index (χ4n) is 1.96. The van der Waals surface area contributed by atoms with Crippen molar-refractivity contribution in [2.75, 3.05) is 17.2 Å². The molecular formula is C13H23BrN4. The zero-order chi connectivity index (χ0) is 13.6. The molecule has 1 heterocycles. The van der Waals surface area contributed by atoms with Gasteiger partial charge in [-0.1, -0.05) is 20.8 Å². The van der Waals surface area contributed by atoms with Crippen LogP contribution in [-0.2, 0) is 0 Å². The van der Waals surface area contributed by atoms with E-state index in [1.807, 2.05) is 6.92 Å². The van der Waals surface area contributed by atoms with Crippen LogP contribution in [0.2, 0.25) is 0 Å². The van der Waals surface area contributed by atoms with Crippen molar-refractivity contribution in [1.82, 2.24) is 9.97 Å². The van der Waals surface area contributed by atoms with E-state index in [9.17, 15) is 0 Å². The van der Waals surface area contributed by atoms with Crippen LogP contribution in [0, 0.1) is 0 Å². The van der Waals surface area contributed by atoms with Crippen molar-refractivity contribution >= 4 is 27.7 Å². The monoisotopic (exact) mass is 314 g/mol. The van der Waals surface area contributed by atoms with Gasteiger partial charge in [-0.05, 0) is 42.1 Å². The maximum Gasteiger partial charge on any atom is 0.224 e. The van der Waals surface area contributed by atoms with Crippen molar-refractivity contribution in [1.29, 1.82) is 0 Å². The second-order valence-electron chi connectivity index (χ2n) is 4.39. The first-order chi connectivity index (χ1) is 8.60. The second-order valence-corrected chi connectivity index (χ2v) is 5.24. The molecule has 0 saturated heterocycles. The summed E-state index contributed by atoms with van der Waals surface area (Å²) in [5.41, 5.74) is 0.111. The maximum absolute atomic E-state index is 4.51. The third-order valence-corrected chi connectivity index (χ3v) is 4.07. The summed E-state index contributed by atoms with van der Waals surface area (Å²) >= 11 is 3.51. The quantitative estimate of drug-likeness (QED) is 0.797. The number of halogens is 1. The molecule has 1 rings (SSSR count). The van der Waals surface area contributed by atoms with Gasteiger partial charge in [0.25, 0.3) is 0 Å². The molecule has 5 heteroatoms. The molecule has 0 saturated carbocycles. The number of nitrogens with zero attached hydrogens (tertiary/aromatic N) is 2. The number of anilines is 2. The van der Waals surface area contributed by atoms with Crippen molar-refractivity contribution in [3.05, 3.63) is 10.7 Å². The van der Waals surface area contributed by atoms with E-state index >= 15 is 0 Å². The number of aromatic nitrogens is 2. The smallest absolute Gasteiger partial charge is 0.224 e.